The molecule has 2 amide bonds. The number of aliphatic carboxylic acids is 1. The highest BCUT2D eigenvalue weighted by atomic mass is 16.4. The number of azide groups is 1. The van der Waals surface area contributed by atoms with Crippen molar-refractivity contribution in [3.8, 4) is 0 Å². The summed E-state index contributed by atoms with van der Waals surface area (Å²) in [6.45, 7) is 10.8. The first-order valence-corrected chi connectivity index (χ1v) is 11.6. The Hall–Kier alpha value is -3.06. The molecule has 0 unspecified atom stereocenters. The van der Waals surface area contributed by atoms with Gasteiger partial charge in [0, 0.05) is 35.2 Å². The van der Waals surface area contributed by atoms with Crippen LogP contribution in [0.15, 0.2) is 29.4 Å². The number of hydrogen-bond donors (Lipinski definition) is 2. The number of nitrogens with zero attached hydrogens (tertiary/aromatic N) is 4. The molecule has 0 spiro atoms. The molecule has 0 aliphatic rings. The second-order valence-electron chi connectivity index (χ2n) is 8.83. The van der Waals surface area contributed by atoms with Crippen molar-refractivity contribution in [2.75, 3.05) is 13.1 Å². The minimum atomic E-state index is -0.988. The van der Waals surface area contributed by atoms with Crippen LogP contribution >= 0.6 is 0 Å². The molecule has 9 nitrogen and oxygen atoms in total. The molecule has 0 aromatic heterocycles. The lowest BCUT2D eigenvalue weighted by Crippen LogP contribution is -2.44. The fourth-order valence-corrected chi connectivity index (χ4v) is 3.72. The van der Waals surface area contributed by atoms with E-state index in [9.17, 15) is 19.5 Å². The summed E-state index contributed by atoms with van der Waals surface area (Å²) < 4.78 is 0. The second kappa shape index (κ2) is 14.2. The Kier molecular flexibility index (Phi) is 12.0. The first-order chi connectivity index (χ1) is 15.6. The molecule has 0 aliphatic carbocycles. The highest BCUT2D eigenvalue weighted by Gasteiger charge is 2.28. The zero-order chi connectivity index (χ0) is 25.0. The summed E-state index contributed by atoms with van der Waals surface area (Å²) in [5.41, 5.74) is 9.78. The van der Waals surface area contributed by atoms with Gasteiger partial charge in [0.2, 0.25) is 0 Å². The van der Waals surface area contributed by atoms with Gasteiger partial charge in [0.1, 0.15) is 0 Å². The molecular formula is C24H37N5O4. The van der Waals surface area contributed by atoms with Crippen LogP contribution in [0.25, 0.3) is 10.4 Å². The van der Waals surface area contributed by atoms with Crippen molar-refractivity contribution in [3.63, 3.8) is 0 Å². The summed E-state index contributed by atoms with van der Waals surface area (Å²) in [6.07, 6.45) is 2.32. The number of amides is 2. The van der Waals surface area contributed by atoms with Crippen LogP contribution in [0.5, 0.6) is 0 Å². The number of hydrogen-bond acceptors (Lipinski definition) is 4. The Morgan fingerprint density at radius 1 is 1.09 bits per heavy atom. The molecule has 0 bridgehead atoms. The van der Waals surface area contributed by atoms with E-state index in [2.05, 4.69) is 15.3 Å². The van der Waals surface area contributed by atoms with Crippen LogP contribution in [-0.2, 0) is 4.79 Å². The summed E-state index contributed by atoms with van der Waals surface area (Å²) >= 11 is 0. The van der Waals surface area contributed by atoms with Crippen molar-refractivity contribution in [3.05, 3.63) is 45.8 Å². The van der Waals surface area contributed by atoms with Gasteiger partial charge in [-0.3, -0.25) is 14.4 Å². The summed E-state index contributed by atoms with van der Waals surface area (Å²) in [7, 11) is 0. The minimum absolute atomic E-state index is 0.110. The normalized spacial score (nSPS) is 13.5. The molecule has 1 aromatic carbocycles. The monoisotopic (exact) mass is 459 g/mol. The van der Waals surface area contributed by atoms with E-state index < -0.39 is 29.9 Å². The van der Waals surface area contributed by atoms with Gasteiger partial charge in [-0.25, -0.2) is 0 Å². The van der Waals surface area contributed by atoms with Crippen molar-refractivity contribution >= 4 is 17.8 Å². The van der Waals surface area contributed by atoms with E-state index in [1.54, 1.807) is 36.1 Å². The van der Waals surface area contributed by atoms with E-state index in [0.717, 1.165) is 12.8 Å². The Balaban J connectivity index is 3.14. The molecule has 1 rings (SSSR count). The van der Waals surface area contributed by atoms with Gasteiger partial charge in [0.05, 0.1) is 12.0 Å². The van der Waals surface area contributed by atoms with Crippen molar-refractivity contribution in [2.45, 2.75) is 72.4 Å². The molecule has 0 fully saturated rings. The molecule has 2 N–H and O–H groups in total. The predicted molar refractivity (Wildman–Crippen MR) is 128 cm³/mol. The number of carbonyl (C=O) groups excluding carboxylic acids is 2. The third-order valence-electron chi connectivity index (χ3n) is 5.37. The van der Waals surface area contributed by atoms with Gasteiger partial charge < -0.3 is 15.3 Å². The van der Waals surface area contributed by atoms with Crippen LogP contribution < -0.4 is 5.32 Å². The zero-order valence-corrected chi connectivity index (χ0v) is 20.3. The molecule has 182 valence electrons. The molecule has 3 atom stereocenters. The number of carboxylic acid groups (broad SMARTS) is 1. The van der Waals surface area contributed by atoms with Crippen LogP contribution in [0, 0.1) is 11.8 Å². The maximum Gasteiger partial charge on any atom is 0.306 e. The van der Waals surface area contributed by atoms with E-state index >= 15 is 0 Å². The van der Waals surface area contributed by atoms with Crippen molar-refractivity contribution in [1.82, 2.24) is 10.2 Å². The molecule has 0 saturated carbocycles. The lowest BCUT2D eigenvalue weighted by molar-refractivity contribution is -0.141. The Bertz CT molecular complexity index is 845. The summed E-state index contributed by atoms with van der Waals surface area (Å²) in [6, 6.07) is 5.33. The van der Waals surface area contributed by atoms with Gasteiger partial charge in [-0.1, -0.05) is 45.8 Å². The lowest BCUT2D eigenvalue weighted by atomic mass is 9.91. The Labute approximate surface area is 196 Å². The van der Waals surface area contributed by atoms with Crippen molar-refractivity contribution in [2.24, 2.45) is 17.0 Å². The largest absolute Gasteiger partial charge is 0.481 e. The zero-order valence-electron chi connectivity index (χ0n) is 20.3. The maximum atomic E-state index is 13.1. The van der Waals surface area contributed by atoms with Gasteiger partial charge in [-0.2, -0.15) is 0 Å². The molecule has 1 aromatic rings. The molecule has 0 saturated heterocycles. The summed E-state index contributed by atoms with van der Waals surface area (Å²) in [4.78, 5) is 42.0. The van der Waals surface area contributed by atoms with E-state index in [0.29, 0.717) is 30.6 Å². The number of nitrogens with one attached hydrogen (secondary N) is 1. The highest BCUT2D eigenvalue weighted by Crippen LogP contribution is 2.20. The molecule has 9 heteroatoms. The van der Waals surface area contributed by atoms with Gasteiger partial charge in [-0.05, 0) is 55.3 Å². The van der Waals surface area contributed by atoms with Crippen molar-refractivity contribution < 1.29 is 19.5 Å². The molecule has 0 radical (unpaired) electrons. The quantitative estimate of drug-likeness (QED) is 0.233. The van der Waals surface area contributed by atoms with Crippen LogP contribution in [0.2, 0.25) is 0 Å². The van der Waals surface area contributed by atoms with Gasteiger partial charge >= 0.3 is 5.97 Å². The standard InChI is InChI=1S/C24H37N5O4/c1-6-11-29(12-7-2)23(31)19-10-8-9-18(15-19)22(30)26-20(13-16(3)4)21(27-28-25)14-17(5)24(32)33/h8-10,15-17,20-21H,6-7,11-14H2,1-5H3,(H,26,30)(H,32,33)/t17-,20+,21+/m1/s1. The van der Waals surface area contributed by atoms with Crippen LogP contribution in [0.3, 0.4) is 0 Å². The Morgan fingerprint density at radius 2 is 1.70 bits per heavy atom. The van der Waals surface area contributed by atoms with Gasteiger partial charge in [0.15, 0.2) is 0 Å². The van der Waals surface area contributed by atoms with Crippen LogP contribution in [0.1, 0.15) is 81.0 Å². The molecular weight excluding hydrogens is 422 g/mol. The van der Waals surface area contributed by atoms with Crippen LogP contribution in [-0.4, -0.2) is 53.0 Å². The van der Waals surface area contributed by atoms with Crippen LogP contribution in [0.4, 0.5) is 0 Å². The van der Waals surface area contributed by atoms with Crippen molar-refractivity contribution in [1.29, 1.82) is 0 Å². The number of rotatable bonds is 14. The summed E-state index contributed by atoms with van der Waals surface area (Å²) in [5, 5.41) is 16.0. The molecule has 0 aliphatic heterocycles. The fourth-order valence-electron chi connectivity index (χ4n) is 3.72. The average molecular weight is 460 g/mol. The maximum absolute atomic E-state index is 13.1. The smallest absolute Gasteiger partial charge is 0.306 e. The number of carbonyl (C=O) groups is 3. The summed E-state index contributed by atoms with van der Waals surface area (Å²) in [5.74, 6) is -2.05. The van der Waals surface area contributed by atoms with E-state index in [-0.39, 0.29) is 18.2 Å². The first-order valence-electron chi connectivity index (χ1n) is 11.6. The van der Waals surface area contributed by atoms with E-state index in [1.165, 1.54) is 0 Å². The lowest BCUT2D eigenvalue weighted by Gasteiger charge is -2.27. The fraction of sp³-hybridized carbons (Fsp3) is 0.625. The average Bonchev–Trinajstić information content (AvgIpc) is 2.77. The van der Waals surface area contributed by atoms with E-state index in [4.69, 9.17) is 5.53 Å². The molecule has 0 heterocycles. The SMILES string of the molecule is CCCN(CCC)C(=O)c1cccc(C(=O)N[C@@H](CC(C)C)[C@H](C[C@@H](C)C(=O)O)N=[N+]=[N-])c1. The van der Waals surface area contributed by atoms with Gasteiger partial charge in [0.25, 0.3) is 11.8 Å². The first kappa shape index (κ1) is 28.0. The number of benzene rings is 1. The predicted octanol–water partition coefficient (Wildman–Crippen LogP) is 4.88. The third-order valence-corrected chi connectivity index (χ3v) is 5.37. The van der Waals surface area contributed by atoms with Gasteiger partial charge in [-0.15, -0.1) is 0 Å². The van der Waals surface area contributed by atoms with E-state index in [1.807, 2.05) is 27.7 Å². The second-order valence-corrected chi connectivity index (χ2v) is 8.83. The molecule has 33 heavy (non-hydrogen) atoms. The number of carboxylic acids is 1. The minimum Gasteiger partial charge on any atom is -0.481 e. The third kappa shape index (κ3) is 9.14. The Morgan fingerprint density at radius 3 is 2.21 bits per heavy atom. The topological polar surface area (TPSA) is 135 Å². The highest BCUT2D eigenvalue weighted by molar-refractivity contribution is 5.99.